The van der Waals surface area contributed by atoms with E-state index in [1.807, 2.05) is 6.20 Å². The molecule has 0 radical (unpaired) electrons. The Morgan fingerprint density at radius 3 is 2.58 bits per heavy atom. The van der Waals surface area contributed by atoms with Gasteiger partial charge in [-0.3, -0.25) is 10.00 Å². The highest BCUT2D eigenvalue weighted by molar-refractivity contribution is 7.09. The first kappa shape index (κ1) is 15.5. The summed E-state index contributed by atoms with van der Waals surface area (Å²) in [6.07, 6.45) is 4.04. The zero-order chi connectivity index (χ0) is 16.4. The molecule has 1 aliphatic heterocycles. The van der Waals surface area contributed by atoms with E-state index in [4.69, 9.17) is 4.98 Å². The molecule has 1 aliphatic rings. The van der Waals surface area contributed by atoms with Gasteiger partial charge < -0.3 is 0 Å². The van der Waals surface area contributed by atoms with E-state index in [9.17, 15) is 0 Å². The molecule has 2 aromatic heterocycles. The molecule has 1 aromatic carbocycles. The molecule has 4 rings (SSSR count). The van der Waals surface area contributed by atoms with Gasteiger partial charge in [-0.05, 0) is 44.5 Å². The number of H-pyrrole nitrogens is 1. The molecular formula is C19H22N4S. The largest absolute Gasteiger partial charge is 0.297 e. The van der Waals surface area contributed by atoms with E-state index in [1.54, 1.807) is 11.3 Å². The lowest BCUT2D eigenvalue weighted by Crippen LogP contribution is -2.43. The Kier molecular flexibility index (Phi) is 4.21. The van der Waals surface area contributed by atoms with E-state index in [-0.39, 0.29) is 5.41 Å². The zero-order valence-electron chi connectivity index (χ0n) is 13.9. The van der Waals surface area contributed by atoms with Gasteiger partial charge in [0.1, 0.15) is 0 Å². The summed E-state index contributed by atoms with van der Waals surface area (Å²) in [5.74, 6) is 0. The second-order valence-electron chi connectivity index (χ2n) is 6.56. The van der Waals surface area contributed by atoms with Crippen LogP contribution in [0.3, 0.4) is 0 Å². The van der Waals surface area contributed by atoms with E-state index < -0.39 is 0 Å². The van der Waals surface area contributed by atoms with Crippen LogP contribution >= 0.6 is 11.3 Å². The highest BCUT2D eigenvalue weighted by Crippen LogP contribution is 2.42. The van der Waals surface area contributed by atoms with Gasteiger partial charge in [-0.15, -0.1) is 11.3 Å². The summed E-state index contributed by atoms with van der Waals surface area (Å²) in [6, 6.07) is 13.0. The minimum Gasteiger partial charge on any atom is -0.297 e. The third-order valence-corrected chi connectivity index (χ3v) is 5.87. The van der Waals surface area contributed by atoms with E-state index >= 15 is 0 Å². The lowest BCUT2D eigenvalue weighted by molar-refractivity contribution is 0.168. The number of aromatic nitrogens is 3. The van der Waals surface area contributed by atoms with Crippen molar-refractivity contribution in [1.82, 2.24) is 20.1 Å². The van der Waals surface area contributed by atoms with Crippen LogP contribution in [0, 0.1) is 6.92 Å². The molecule has 1 N–H and O–H groups in total. The molecule has 3 aromatic rings. The molecule has 0 amide bonds. The lowest BCUT2D eigenvalue weighted by Gasteiger charge is -2.41. The Labute approximate surface area is 146 Å². The van der Waals surface area contributed by atoms with Gasteiger partial charge in [0.2, 0.25) is 0 Å². The lowest BCUT2D eigenvalue weighted by atomic mass is 9.70. The number of hydrogen-bond acceptors (Lipinski definition) is 4. The van der Waals surface area contributed by atoms with Crippen LogP contribution in [0.15, 0.2) is 48.0 Å². The highest BCUT2D eigenvalue weighted by atomic mass is 32.1. The molecule has 0 unspecified atom stereocenters. The third kappa shape index (κ3) is 2.89. The smallest absolute Gasteiger partial charge is 0.0897 e. The van der Waals surface area contributed by atoms with E-state index in [0.29, 0.717) is 0 Å². The summed E-state index contributed by atoms with van der Waals surface area (Å²) in [7, 11) is 0. The zero-order valence-corrected chi connectivity index (χ0v) is 14.7. The second-order valence-corrected chi connectivity index (χ2v) is 7.62. The number of hydrogen-bond donors (Lipinski definition) is 1. The number of nitrogens with one attached hydrogen (secondary N) is 1. The van der Waals surface area contributed by atoms with Gasteiger partial charge in [-0.25, -0.2) is 4.98 Å². The molecule has 0 saturated carbocycles. The van der Waals surface area contributed by atoms with Gasteiger partial charge in [0.05, 0.1) is 10.7 Å². The Balaban J connectivity index is 1.59. The monoisotopic (exact) mass is 338 g/mol. The van der Waals surface area contributed by atoms with E-state index in [1.165, 1.54) is 17.0 Å². The van der Waals surface area contributed by atoms with Crippen LogP contribution in [0.1, 0.15) is 34.8 Å². The standard InChI is InChI=1S/C19H22N4S/c1-15-21-18(14-24-15)19(16-5-3-2-4-6-16)8-11-23(12-9-19)13-17-7-10-20-22-17/h2-7,10,14H,8-9,11-13H2,1H3,(H,20,22). The van der Waals surface area contributed by atoms with Gasteiger partial charge in [0.25, 0.3) is 0 Å². The van der Waals surface area contributed by atoms with E-state index in [2.05, 4.69) is 63.8 Å². The number of rotatable bonds is 4. The normalized spacial score (nSPS) is 17.9. The maximum atomic E-state index is 4.87. The molecule has 124 valence electrons. The van der Waals surface area contributed by atoms with Crippen LogP contribution in [-0.2, 0) is 12.0 Å². The molecule has 1 saturated heterocycles. The van der Waals surface area contributed by atoms with Crippen LogP contribution in [-0.4, -0.2) is 33.2 Å². The highest BCUT2D eigenvalue weighted by Gasteiger charge is 2.39. The Bertz CT molecular complexity index is 771. The molecule has 4 nitrogen and oxygen atoms in total. The Hall–Kier alpha value is -1.98. The van der Waals surface area contributed by atoms with Gasteiger partial charge in [0, 0.05) is 29.2 Å². The average Bonchev–Trinajstić information content (AvgIpc) is 3.29. The molecule has 0 spiro atoms. The minimum absolute atomic E-state index is 0.0521. The molecule has 5 heteroatoms. The number of piperidine rings is 1. The summed E-state index contributed by atoms with van der Waals surface area (Å²) in [6.45, 7) is 5.19. The van der Waals surface area contributed by atoms with Crippen molar-refractivity contribution in [2.45, 2.75) is 31.7 Å². The summed E-state index contributed by atoms with van der Waals surface area (Å²) in [4.78, 5) is 7.38. The topological polar surface area (TPSA) is 44.8 Å². The maximum Gasteiger partial charge on any atom is 0.0897 e. The molecule has 24 heavy (non-hydrogen) atoms. The van der Waals surface area contributed by atoms with Crippen molar-refractivity contribution in [1.29, 1.82) is 0 Å². The molecule has 0 aliphatic carbocycles. The fraction of sp³-hybridized carbons (Fsp3) is 0.368. The van der Waals surface area contributed by atoms with Gasteiger partial charge >= 0.3 is 0 Å². The first-order valence-corrected chi connectivity index (χ1v) is 9.33. The van der Waals surface area contributed by atoms with Crippen molar-refractivity contribution in [2.24, 2.45) is 0 Å². The molecule has 0 bridgehead atoms. The van der Waals surface area contributed by atoms with Crippen molar-refractivity contribution >= 4 is 11.3 Å². The fourth-order valence-corrected chi connectivity index (χ4v) is 4.45. The average molecular weight is 338 g/mol. The third-order valence-electron chi connectivity index (χ3n) is 5.10. The van der Waals surface area contributed by atoms with Crippen molar-refractivity contribution in [3.63, 3.8) is 0 Å². The first-order valence-electron chi connectivity index (χ1n) is 8.45. The van der Waals surface area contributed by atoms with Crippen LogP contribution in [0.5, 0.6) is 0 Å². The van der Waals surface area contributed by atoms with Crippen LogP contribution in [0.2, 0.25) is 0 Å². The summed E-state index contributed by atoms with van der Waals surface area (Å²) >= 11 is 1.76. The van der Waals surface area contributed by atoms with Crippen LogP contribution < -0.4 is 0 Å². The van der Waals surface area contributed by atoms with Crippen molar-refractivity contribution < 1.29 is 0 Å². The molecule has 3 heterocycles. The van der Waals surface area contributed by atoms with Gasteiger partial charge in [0.15, 0.2) is 0 Å². The first-order chi connectivity index (χ1) is 11.8. The van der Waals surface area contributed by atoms with Crippen LogP contribution in [0.4, 0.5) is 0 Å². The quantitative estimate of drug-likeness (QED) is 0.788. The van der Waals surface area contributed by atoms with Gasteiger partial charge in [-0.2, -0.15) is 5.10 Å². The predicted molar refractivity (Wildman–Crippen MR) is 97.2 cm³/mol. The van der Waals surface area contributed by atoms with Crippen molar-refractivity contribution in [3.05, 3.63) is 69.9 Å². The van der Waals surface area contributed by atoms with Crippen molar-refractivity contribution in [3.8, 4) is 0 Å². The number of likely N-dealkylation sites (tertiary alicyclic amines) is 1. The summed E-state index contributed by atoms with van der Waals surface area (Å²) in [5, 5.41) is 10.5. The van der Waals surface area contributed by atoms with Gasteiger partial charge in [-0.1, -0.05) is 30.3 Å². The molecule has 0 atom stereocenters. The van der Waals surface area contributed by atoms with E-state index in [0.717, 1.165) is 37.5 Å². The number of aromatic amines is 1. The van der Waals surface area contributed by atoms with Crippen LogP contribution in [0.25, 0.3) is 0 Å². The Morgan fingerprint density at radius 2 is 1.96 bits per heavy atom. The summed E-state index contributed by atoms with van der Waals surface area (Å²) < 4.78 is 0. The molecular weight excluding hydrogens is 316 g/mol. The summed E-state index contributed by atoms with van der Waals surface area (Å²) in [5.41, 5.74) is 3.89. The second kappa shape index (κ2) is 6.49. The minimum atomic E-state index is 0.0521. The van der Waals surface area contributed by atoms with Crippen molar-refractivity contribution in [2.75, 3.05) is 13.1 Å². The predicted octanol–water partition coefficient (Wildman–Crippen LogP) is 3.76. The maximum absolute atomic E-state index is 4.87. The fourth-order valence-electron chi connectivity index (χ4n) is 3.74. The number of thiazole rings is 1. The number of benzene rings is 1. The molecule has 1 fully saturated rings. The number of aryl methyl sites for hydroxylation is 1. The Morgan fingerprint density at radius 1 is 1.17 bits per heavy atom. The number of nitrogens with zero attached hydrogens (tertiary/aromatic N) is 3. The SMILES string of the molecule is Cc1nc(C2(c3ccccc3)CCN(Cc3ccn[nH]3)CC2)cs1.